The highest BCUT2D eigenvalue weighted by Crippen LogP contribution is 2.32. The molecular weight excluding hydrogens is 264 g/mol. The van der Waals surface area contributed by atoms with Gasteiger partial charge >= 0.3 is 0 Å². The van der Waals surface area contributed by atoms with E-state index in [0.29, 0.717) is 0 Å². The van der Waals surface area contributed by atoms with Crippen LogP contribution in [0.2, 0.25) is 0 Å². The van der Waals surface area contributed by atoms with Crippen LogP contribution in [0.4, 0.5) is 0 Å². The number of nitrogens with one attached hydrogen (secondary N) is 1. The normalized spacial score (nSPS) is 24.9. The van der Waals surface area contributed by atoms with Gasteiger partial charge in [0.2, 0.25) is 5.91 Å². The number of nitrogens with zero attached hydrogens (tertiary/aromatic N) is 1. The Morgan fingerprint density at radius 2 is 2.28 bits per heavy atom. The van der Waals surface area contributed by atoms with E-state index in [1.807, 2.05) is 17.9 Å². The Kier molecular flexibility index (Phi) is 4.04. The summed E-state index contributed by atoms with van der Waals surface area (Å²) in [6, 6.07) is 4.04. The molecule has 1 fully saturated rings. The SMILES string of the molecule is CSC(C)(C)CN1C(=O)C(C)NC1c1cccs1. The van der Waals surface area contributed by atoms with Crippen LogP contribution in [-0.2, 0) is 4.79 Å². The molecule has 100 valence electrons. The number of thiophene rings is 1. The van der Waals surface area contributed by atoms with Crippen molar-refractivity contribution in [2.75, 3.05) is 12.8 Å². The topological polar surface area (TPSA) is 32.3 Å². The van der Waals surface area contributed by atoms with Crippen molar-refractivity contribution >= 4 is 29.0 Å². The lowest BCUT2D eigenvalue weighted by atomic mass is 10.2. The van der Waals surface area contributed by atoms with Crippen LogP contribution >= 0.6 is 23.1 Å². The Bertz CT molecular complexity index is 417. The molecular formula is C13H20N2OS2. The van der Waals surface area contributed by atoms with Gasteiger partial charge in [0.1, 0.15) is 6.17 Å². The van der Waals surface area contributed by atoms with Crippen molar-refractivity contribution in [3.63, 3.8) is 0 Å². The number of thioether (sulfide) groups is 1. The highest BCUT2D eigenvalue weighted by Gasteiger charge is 2.39. The molecule has 1 amide bonds. The molecule has 0 saturated carbocycles. The lowest BCUT2D eigenvalue weighted by molar-refractivity contribution is -0.130. The third kappa shape index (κ3) is 2.73. The highest BCUT2D eigenvalue weighted by molar-refractivity contribution is 7.99. The van der Waals surface area contributed by atoms with Crippen molar-refractivity contribution in [1.29, 1.82) is 0 Å². The molecule has 0 radical (unpaired) electrons. The molecule has 0 aromatic carbocycles. The number of hydrogen-bond acceptors (Lipinski definition) is 4. The predicted molar refractivity (Wildman–Crippen MR) is 79.0 cm³/mol. The fourth-order valence-corrected chi connectivity index (χ4v) is 3.16. The monoisotopic (exact) mass is 284 g/mol. The maximum atomic E-state index is 12.3. The number of carbonyl (C=O) groups is 1. The van der Waals surface area contributed by atoms with Gasteiger partial charge in [-0.1, -0.05) is 6.07 Å². The molecule has 0 aliphatic carbocycles. The number of rotatable bonds is 4. The lowest BCUT2D eigenvalue weighted by Gasteiger charge is -2.32. The van der Waals surface area contributed by atoms with Gasteiger partial charge in [-0.15, -0.1) is 11.3 Å². The van der Waals surface area contributed by atoms with E-state index in [0.717, 1.165) is 6.54 Å². The second kappa shape index (κ2) is 5.23. The smallest absolute Gasteiger partial charge is 0.241 e. The molecule has 2 rings (SSSR count). The maximum Gasteiger partial charge on any atom is 0.241 e. The Balaban J connectivity index is 2.21. The van der Waals surface area contributed by atoms with Gasteiger partial charge in [0, 0.05) is 16.2 Å². The van der Waals surface area contributed by atoms with E-state index < -0.39 is 0 Å². The van der Waals surface area contributed by atoms with E-state index in [9.17, 15) is 4.79 Å². The van der Waals surface area contributed by atoms with Gasteiger partial charge in [0.15, 0.2) is 0 Å². The first-order valence-electron chi connectivity index (χ1n) is 6.10. The average molecular weight is 284 g/mol. The summed E-state index contributed by atoms with van der Waals surface area (Å²) in [5, 5.41) is 5.44. The fraction of sp³-hybridized carbons (Fsp3) is 0.615. The summed E-state index contributed by atoms with van der Waals surface area (Å²) < 4.78 is 0.0803. The van der Waals surface area contributed by atoms with Crippen LogP contribution < -0.4 is 5.32 Å². The van der Waals surface area contributed by atoms with E-state index in [1.165, 1.54) is 4.88 Å². The second-order valence-electron chi connectivity index (χ2n) is 5.24. The van der Waals surface area contributed by atoms with Crippen LogP contribution in [0.3, 0.4) is 0 Å². The Hall–Kier alpha value is -0.520. The quantitative estimate of drug-likeness (QED) is 0.922. The van der Waals surface area contributed by atoms with E-state index in [4.69, 9.17) is 0 Å². The minimum atomic E-state index is -0.0882. The lowest BCUT2D eigenvalue weighted by Crippen LogP contribution is -2.40. The molecule has 1 aliphatic heterocycles. The first kappa shape index (κ1) is 13.9. The van der Waals surface area contributed by atoms with Gasteiger partial charge in [-0.3, -0.25) is 10.1 Å². The third-order valence-electron chi connectivity index (χ3n) is 3.29. The fourth-order valence-electron chi connectivity index (χ4n) is 2.10. The summed E-state index contributed by atoms with van der Waals surface area (Å²) >= 11 is 3.50. The molecule has 1 aliphatic rings. The highest BCUT2D eigenvalue weighted by atomic mass is 32.2. The van der Waals surface area contributed by atoms with E-state index in [1.54, 1.807) is 23.1 Å². The van der Waals surface area contributed by atoms with Crippen molar-refractivity contribution in [3.05, 3.63) is 22.4 Å². The molecule has 0 spiro atoms. The Morgan fingerprint density at radius 1 is 1.56 bits per heavy atom. The summed E-state index contributed by atoms with van der Waals surface area (Å²) in [4.78, 5) is 15.5. The van der Waals surface area contributed by atoms with Crippen molar-refractivity contribution in [3.8, 4) is 0 Å². The molecule has 1 N–H and O–H groups in total. The first-order valence-corrected chi connectivity index (χ1v) is 8.20. The summed E-state index contributed by atoms with van der Waals surface area (Å²) in [7, 11) is 0. The van der Waals surface area contributed by atoms with Gasteiger partial charge < -0.3 is 4.90 Å². The van der Waals surface area contributed by atoms with Gasteiger partial charge in [0.25, 0.3) is 0 Å². The number of amides is 1. The van der Waals surface area contributed by atoms with Crippen molar-refractivity contribution in [1.82, 2.24) is 10.2 Å². The molecule has 2 unspecified atom stereocenters. The van der Waals surface area contributed by atoms with Gasteiger partial charge in [0.05, 0.1) is 6.04 Å². The maximum absolute atomic E-state index is 12.3. The van der Waals surface area contributed by atoms with Crippen LogP contribution in [0.25, 0.3) is 0 Å². The van der Waals surface area contributed by atoms with Crippen molar-refractivity contribution in [2.45, 2.75) is 37.7 Å². The Labute approximate surface area is 117 Å². The molecule has 1 saturated heterocycles. The molecule has 0 bridgehead atoms. The van der Waals surface area contributed by atoms with E-state index >= 15 is 0 Å². The minimum absolute atomic E-state index is 0.0407. The number of carbonyl (C=O) groups excluding carboxylic acids is 1. The molecule has 2 atom stereocenters. The van der Waals surface area contributed by atoms with Crippen LogP contribution in [0, 0.1) is 0 Å². The molecule has 2 heterocycles. The molecule has 1 aromatic heterocycles. The molecule has 1 aromatic rings. The zero-order valence-electron chi connectivity index (χ0n) is 11.3. The zero-order valence-corrected chi connectivity index (χ0v) is 12.9. The summed E-state index contributed by atoms with van der Waals surface area (Å²) in [5.74, 6) is 0.204. The zero-order chi connectivity index (χ0) is 13.3. The molecule has 18 heavy (non-hydrogen) atoms. The van der Waals surface area contributed by atoms with Crippen molar-refractivity contribution in [2.24, 2.45) is 0 Å². The van der Waals surface area contributed by atoms with Crippen LogP contribution in [0.1, 0.15) is 31.8 Å². The standard InChI is InChI=1S/C13H20N2OS2/c1-9-12(16)15(8-13(2,3)17-4)11(14-9)10-6-5-7-18-10/h5-7,9,11,14H,8H2,1-4H3. The minimum Gasteiger partial charge on any atom is -0.319 e. The average Bonchev–Trinajstić information content (AvgIpc) is 2.93. The largest absolute Gasteiger partial charge is 0.319 e. The predicted octanol–water partition coefficient (Wildman–Crippen LogP) is 2.71. The van der Waals surface area contributed by atoms with Gasteiger partial charge in [-0.2, -0.15) is 11.8 Å². The van der Waals surface area contributed by atoms with E-state index in [2.05, 4.69) is 36.9 Å². The molecule has 3 nitrogen and oxygen atoms in total. The van der Waals surface area contributed by atoms with Crippen LogP contribution in [0.15, 0.2) is 17.5 Å². The third-order valence-corrected chi connectivity index (χ3v) is 5.45. The van der Waals surface area contributed by atoms with Crippen LogP contribution in [-0.4, -0.2) is 34.4 Å². The van der Waals surface area contributed by atoms with Gasteiger partial charge in [-0.25, -0.2) is 0 Å². The van der Waals surface area contributed by atoms with Crippen LogP contribution in [0.5, 0.6) is 0 Å². The second-order valence-corrected chi connectivity index (χ2v) is 7.73. The van der Waals surface area contributed by atoms with Gasteiger partial charge in [-0.05, 0) is 38.5 Å². The summed E-state index contributed by atoms with van der Waals surface area (Å²) in [6.45, 7) is 7.07. The van der Waals surface area contributed by atoms with E-state index in [-0.39, 0.29) is 22.9 Å². The Morgan fingerprint density at radius 3 is 2.83 bits per heavy atom. The number of hydrogen-bond donors (Lipinski definition) is 1. The molecule has 5 heteroatoms. The summed E-state index contributed by atoms with van der Waals surface area (Å²) in [6.07, 6.45) is 2.14. The van der Waals surface area contributed by atoms with Crippen molar-refractivity contribution < 1.29 is 4.79 Å². The first-order chi connectivity index (χ1) is 8.44. The summed E-state index contributed by atoms with van der Waals surface area (Å²) in [5.41, 5.74) is 0.